The van der Waals surface area contributed by atoms with Crippen molar-refractivity contribution in [2.75, 3.05) is 6.54 Å². The maximum absolute atomic E-state index is 13.7. The summed E-state index contributed by atoms with van der Waals surface area (Å²) < 4.78 is 19.3. The number of amides is 1. The van der Waals surface area contributed by atoms with Crippen LogP contribution in [0.15, 0.2) is 54.6 Å². The number of carbonyl (C=O) groups is 1. The Labute approximate surface area is 160 Å². The largest absolute Gasteiger partial charge is 0.486 e. The quantitative estimate of drug-likeness (QED) is 0.730. The molecule has 4 nitrogen and oxygen atoms in total. The Morgan fingerprint density at radius 2 is 1.77 bits per heavy atom. The van der Waals surface area contributed by atoms with E-state index in [0.29, 0.717) is 13.0 Å². The molecule has 142 valence electrons. The van der Waals surface area contributed by atoms with Crippen LogP contribution in [0.1, 0.15) is 31.9 Å². The van der Waals surface area contributed by atoms with Gasteiger partial charge in [0.2, 0.25) is 5.91 Å². The standard InChI is InChI=1S/C20H25FN2O2.ClH/c1-3-16(25-18-12-8-7-11-17(18)21)13-23-20(24)14(2)19(22)15-9-5-4-6-10-15;/h4-12,14,16,19H,3,13,22H2,1-2H3,(H,23,24);1H. The fourth-order valence-electron chi connectivity index (χ4n) is 2.49. The normalized spacial score (nSPS) is 13.8. The number of para-hydroxylation sites is 1. The van der Waals surface area contributed by atoms with E-state index in [2.05, 4.69) is 5.32 Å². The predicted octanol–water partition coefficient (Wildman–Crippen LogP) is 3.86. The van der Waals surface area contributed by atoms with Crippen LogP contribution in [0.2, 0.25) is 0 Å². The summed E-state index contributed by atoms with van der Waals surface area (Å²) in [7, 11) is 0. The van der Waals surface area contributed by atoms with Crippen LogP contribution in [-0.4, -0.2) is 18.6 Å². The zero-order valence-electron chi connectivity index (χ0n) is 15.0. The number of rotatable bonds is 8. The van der Waals surface area contributed by atoms with E-state index >= 15 is 0 Å². The molecular formula is C20H26ClFN2O2. The first-order valence-corrected chi connectivity index (χ1v) is 8.52. The van der Waals surface area contributed by atoms with Gasteiger partial charge in [0, 0.05) is 6.04 Å². The van der Waals surface area contributed by atoms with E-state index < -0.39 is 5.82 Å². The summed E-state index contributed by atoms with van der Waals surface area (Å²) in [5.74, 6) is -0.746. The molecule has 0 aromatic heterocycles. The average Bonchev–Trinajstić information content (AvgIpc) is 2.65. The van der Waals surface area contributed by atoms with Crippen LogP contribution >= 0.6 is 12.4 Å². The number of carbonyl (C=O) groups excluding carboxylic acids is 1. The van der Waals surface area contributed by atoms with Gasteiger partial charge in [-0.05, 0) is 24.1 Å². The Hall–Kier alpha value is -2.11. The van der Waals surface area contributed by atoms with Crippen LogP contribution in [0.4, 0.5) is 4.39 Å². The second kappa shape index (κ2) is 10.8. The van der Waals surface area contributed by atoms with Gasteiger partial charge in [0.25, 0.3) is 0 Å². The average molecular weight is 381 g/mol. The van der Waals surface area contributed by atoms with Crippen LogP contribution in [0, 0.1) is 11.7 Å². The Bertz CT molecular complexity index is 685. The molecule has 1 amide bonds. The molecule has 2 aromatic carbocycles. The molecule has 0 radical (unpaired) electrons. The molecule has 2 aromatic rings. The smallest absolute Gasteiger partial charge is 0.224 e. The van der Waals surface area contributed by atoms with Gasteiger partial charge in [-0.3, -0.25) is 4.79 Å². The number of hydrogen-bond donors (Lipinski definition) is 2. The molecule has 26 heavy (non-hydrogen) atoms. The molecule has 0 aliphatic rings. The molecule has 0 heterocycles. The molecule has 0 bridgehead atoms. The lowest BCUT2D eigenvalue weighted by Gasteiger charge is -2.22. The van der Waals surface area contributed by atoms with E-state index in [4.69, 9.17) is 10.5 Å². The topological polar surface area (TPSA) is 64.4 Å². The SMILES string of the molecule is CCC(CNC(=O)C(C)C(N)c1ccccc1)Oc1ccccc1F.Cl. The van der Waals surface area contributed by atoms with Gasteiger partial charge < -0.3 is 15.8 Å². The van der Waals surface area contributed by atoms with Gasteiger partial charge in [-0.1, -0.05) is 56.3 Å². The summed E-state index contributed by atoms with van der Waals surface area (Å²) in [6.07, 6.45) is 0.342. The summed E-state index contributed by atoms with van der Waals surface area (Å²) in [4.78, 5) is 12.4. The zero-order chi connectivity index (χ0) is 18.2. The molecule has 0 spiro atoms. The maximum Gasteiger partial charge on any atom is 0.224 e. The minimum Gasteiger partial charge on any atom is -0.486 e. The molecule has 0 aliphatic heterocycles. The van der Waals surface area contributed by atoms with Crippen LogP contribution in [-0.2, 0) is 4.79 Å². The Balaban J connectivity index is 0.00000338. The molecule has 3 atom stereocenters. The van der Waals surface area contributed by atoms with Gasteiger partial charge in [0.1, 0.15) is 6.10 Å². The lowest BCUT2D eigenvalue weighted by Crippen LogP contribution is -2.40. The number of benzene rings is 2. The van der Waals surface area contributed by atoms with Crippen LogP contribution in [0.3, 0.4) is 0 Å². The van der Waals surface area contributed by atoms with E-state index in [1.165, 1.54) is 6.07 Å². The van der Waals surface area contributed by atoms with Crippen molar-refractivity contribution in [3.63, 3.8) is 0 Å². The fraction of sp³-hybridized carbons (Fsp3) is 0.350. The molecule has 0 saturated heterocycles. The van der Waals surface area contributed by atoms with E-state index in [0.717, 1.165) is 5.56 Å². The zero-order valence-corrected chi connectivity index (χ0v) is 15.8. The van der Waals surface area contributed by atoms with Gasteiger partial charge in [0.05, 0.1) is 12.5 Å². The van der Waals surface area contributed by atoms with Crippen LogP contribution < -0.4 is 15.8 Å². The van der Waals surface area contributed by atoms with Gasteiger partial charge in [0.15, 0.2) is 11.6 Å². The van der Waals surface area contributed by atoms with Crippen LogP contribution in [0.25, 0.3) is 0 Å². The van der Waals surface area contributed by atoms with Crippen molar-refractivity contribution in [3.8, 4) is 5.75 Å². The highest BCUT2D eigenvalue weighted by Gasteiger charge is 2.23. The molecule has 6 heteroatoms. The summed E-state index contributed by atoms with van der Waals surface area (Å²) >= 11 is 0. The first-order valence-electron chi connectivity index (χ1n) is 8.52. The third kappa shape index (κ3) is 6.00. The second-order valence-corrected chi connectivity index (χ2v) is 6.05. The summed E-state index contributed by atoms with van der Waals surface area (Å²) in [5.41, 5.74) is 7.10. The summed E-state index contributed by atoms with van der Waals surface area (Å²) in [6.45, 7) is 4.03. The van der Waals surface area contributed by atoms with Gasteiger partial charge in [-0.25, -0.2) is 4.39 Å². The molecule has 0 saturated carbocycles. The predicted molar refractivity (Wildman–Crippen MR) is 104 cm³/mol. The van der Waals surface area contributed by atoms with E-state index in [9.17, 15) is 9.18 Å². The molecule has 2 rings (SSSR count). The van der Waals surface area contributed by atoms with E-state index in [1.807, 2.05) is 37.3 Å². The van der Waals surface area contributed by atoms with Crippen molar-refractivity contribution in [2.45, 2.75) is 32.4 Å². The van der Waals surface area contributed by atoms with Crippen molar-refractivity contribution in [3.05, 3.63) is 66.0 Å². The van der Waals surface area contributed by atoms with Crippen molar-refractivity contribution in [2.24, 2.45) is 11.7 Å². The molecule has 0 fully saturated rings. The lowest BCUT2D eigenvalue weighted by atomic mass is 9.94. The highest BCUT2D eigenvalue weighted by Crippen LogP contribution is 2.20. The summed E-state index contributed by atoms with van der Waals surface area (Å²) in [5, 5.41) is 2.86. The van der Waals surface area contributed by atoms with Crippen LogP contribution in [0.5, 0.6) is 5.75 Å². The molecule has 3 N–H and O–H groups in total. The van der Waals surface area contributed by atoms with Crippen molar-refractivity contribution >= 4 is 18.3 Å². The van der Waals surface area contributed by atoms with E-state index in [1.54, 1.807) is 25.1 Å². The van der Waals surface area contributed by atoms with Gasteiger partial charge >= 0.3 is 0 Å². The number of hydrogen-bond acceptors (Lipinski definition) is 3. The van der Waals surface area contributed by atoms with Gasteiger partial charge in [-0.2, -0.15) is 0 Å². The first-order chi connectivity index (χ1) is 12.0. The van der Waals surface area contributed by atoms with Gasteiger partial charge in [-0.15, -0.1) is 12.4 Å². The highest BCUT2D eigenvalue weighted by molar-refractivity contribution is 5.85. The van der Waals surface area contributed by atoms with Crippen molar-refractivity contribution in [1.82, 2.24) is 5.32 Å². The van der Waals surface area contributed by atoms with E-state index in [-0.39, 0.29) is 42.1 Å². The Morgan fingerprint density at radius 1 is 1.15 bits per heavy atom. The molecular weight excluding hydrogens is 355 g/mol. The second-order valence-electron chi connectivity index (χ2n) is 6.05. The summed E-state index contributed by atoms with van der Waals surface area (Å²) in [6, 6.07) is 15.4. The molecule has 3 unspecified atom stereocenters. The minimum absolute atomic E-state index is 0. The monoisotopic (exact) mass is 380 g/mol. The number of halogens is 2. The Kier molecular flexibility index (Phi) is 9.10. The molecule has 0 aliphatic carbocycles. The number of ether oxygens (including phenoxy) is 1. The van der Waals surface area contributed by atoms with Crippen molar-refractivity contribution < 1.29 is 13.9 Å². The highest BCUT2D eigenvalue weighted by atomic mass is 35.5. The van der Waals surface area contributed by atoms with Crippen molar-refractivity contribution in [1.29, 1.82) is 0 Å². The number of nitrogens with one attached hydrogen (secondary N) is 1. The maximum atomic E-state index is 13.7. The third-order valence-electron chi connectivity index (χ3n) is 4.23. The minimum atomic E-state index is -0.410. The lowest BCUT2D eigenvalue weighted by molar-refractivity contribution is -0.125. The Morgan fingerprint density at radius 3 is 2.38 bits per heavy atom. The third-order valence-corrected chi connectivity index (χ3v) is 4.23. The fourth-order valence-corrected chi connectivity index (χ4v) is 2.49. The number of nitrogens with two attached hydrogens (primary N) is 1. The first kappa shape index (κ1) is 21.9.